The molecule has 1 aromatic rings. The van der Waals surface area contributed by atoms with Crippen molar-refractivity contribution in [1.82, 2.24) is 10.3 Å². The zero-order valence-corrected chi connectivity index (χ0v) is 9.38. The summed E-state index contributed by atoms with van der Waals surface area (Å²) in [5.41, 5.74) is 2.65. The maximum atomic E-state index is 11.2. The number of nitrogen functional groups attached to an aromatic ring is 1. The van der Waals surface area contributed by atoms with Crippen LogP contribution in [0.2, 0.25) is 0 Å². The first-order chi connectivity index (χ1) is 8.30. The number of hydrogen-bond acceptors (Lipinski definition) is 5. The lowest BCUT2D eigenvalue weighted by molar-refractivity contribution is -0.162. The van der Waals surface area contributed by atoms with Crippen LogP contribution in [0.1, 0.15) is 12.6 Å². The maximum Gasteiger partial charge on any atom is 0.347 e. The van der Waals surface area contributed by atoms with Gasteiger partial charge in [-0.15, -0.1) is 0 Å². The van der Waals surface area contributed by atoms with Crippen LogP contribution in [0.3, 0.4) is 0 Å². The first kappa shape index (κ1) is 13.4. The van der Waals surface area contributed by atoms with Gasteiger partial charge in [0.1, 0.15) is 0 Å². The smallest absolute Gasteiger partial charge is 0.347 e. The monoisotopic (exact) mass is 253 g/mol. The van der Waals surface area contributed by atoms with Gasteiger partial charge in [0.25, 0.3) is 5.54 Å². The van der Waals surface area contributed by atoms with E-state index in [1.54, 1.807) is 0 Å². The van der Waals surface area contributed by atoms with Gasteiger partial charge in [0, 0.05) is 6.92 Å². The minimum Gasteiger partial charge on any atom is -0.479 e. The Kier molecular flexibility index (Phi) is 3.50. The molecule has 18 heavy (non-hydrogen) atoms. The van der Waals surface area contributed by atoms with E-state index in [1.165, 1.54) is 6.07 Å². The van der Waals surface area contributed by atoms with Gasteiger partial charge in [-0.05, 0) is 12.1 Å². The minimum absolute atomic E-state index is 0.242. The topological polar surface area (TPSA) is 143 Å². The maximum absolute atomic E-state index is 11.2. The highest BCUT2D eigenvalue weighted by atomic mass is 16.4. The first-order valence-electron chi connectivity index (χ1n) is 4.78. The van der Waals surface area contributed by atoms with Crippen LogP contribution in [-0.4, -0.2) is 33.0 Å². The van der Waals surface area contributed by atoms with Crippen molar-refractivity contribution in [1.29, 1.82) is 0 Å². The second kappa shape index (κ2) is 4.70. The quantitative estimate of drug-likeness (QED) is 0.512. The summed E-state index contributed by atoms with van der Waals surface area (Å²) in [5, 5.41) is 20.1. The second-order valence-corrected chi connectivity index (χ2v) is 3.52. The fraction of sp³-hybridized carbons (Fsp3) is 0.200. The summed E-state index contributed by atoms with van der Waals surface area (Å²) >= 11 is 0. The summed E-state index contributed by atoms with van der Waals surface area (Å²) in [5.74, 6) is -4.30. The lowest BCUT2D eigenvalue weighted by Gasteiger charge is -2.24. The van der Waals surface area contributed by atoms with Gasteiger partial charge >= 0.3 is 11.9 Å². The van der Waals surface area contributed by atoms with E-state index in [1.807, 2.05) is 5.32 Å². The Morgan fingerprint density at radius 1 is 1.28 bits per heavy atom. The summed E-state index contributed by atoms with van der Waals surface area (Å²) in [6.07, 6.45) is 1.11. The molecule has 96 valence electrons. The molecule has 0 unspecified atom stereocenters. The van der Waals surface area contributed by atoms with E-state index >= 15 is 0 Å². The highest BCUT2D eigenvalue weighted by Crippen LogP contribution is 2.21. The molecule has 8 nitrogen and oxygen atoms in total. The fourth-order valence-corrected chi connectivity index (χ4v) is 1.37. The third-order valence-electron chi connectivity index (χ3n) is 2.18. The van der Waals surface area contributed by atoms with Gasteiger partial charge in [0.15, 0.2) is 0 Å². The Balaban J connectivity index is 3.43. The third kappa shape index (κ3) is 2.21. The fourth-order valence-electron chi connectivity index (χ4n) is 1.37. The van der Waals surface area contributed by atoms with Crippen molar-refractivity contribution in [2.24, 2.45) is 0 Å². The van der Waals surface area contributed by atoms with E-state index in [9.17, 15) is 14.4 Å². The molecular weight excluding hydrogens is 242 g/mol. The van der Waals surface area contributed by atoms with Crippen LogP contribution >= 0.6 is 0 Å². The number of nitrogens with two attached hydrogens (primary N) is 1. The molecule has 0 bridgehead atoms. The standard InChI is InChI=1S/C10H11N3O5/c1-5(14)13-10(8(15)16,9(17)18)7-3-2-6(11)4-12-7/h2-4H,11H2,1H3,(H,13,14)(H,15,16)(H,17,18). The van der Waals surface area contributed by atoms with E-state index in [4.69, 9.17) is 15.9 Å². The molecule has 0 aliphatic carbocycles. The lowest BCUT2D eigenvalue weighted by atomic mass is 9.94. The number of rotatable bonds is 4. The van der Waals surface area contributed by atoms with Crippen LogP contribution in [0.25, 0.3) is 0 Å². The largest absolute Gasteiger partial charge is 0.479 e. The molecule has 5 N–H and O–H groups in total. The molecule has 0 saturated carbocycles. The Hall–Kier alpha value is -2.64. The van der Waals surface area contributed by atoms with Gasteiger partial charge in [0.05, 0.1) is 17.6 Å². The highest BCUT2D eigenvalue weighted by Gasteiger charge is 2.50. The molecule has 1 rings (SSSR count). The van der Waals surface area contributed by atoms with Crippen molar-refractivity contribution in [3.8, 4) is 0 Å². The average molecular weight is 253 g/mol. The van der Waals surface area contributed by atoms with Crippen LogP contribution in [0.4, 0.5) is 5.69 Å². The summed E-state index contributed by atoms with van der Waals surface area (Å²) in [6, 6.07) is 2.43. The van der Waals surface area contributed by atoms with E-state index in [0.717, 1.165) is 19.2 Å². The van der Waals surface area contributed by atoms with Crippen molar-refractivity contribution in [3.63, 3.8) is 0 Å². The van der Waals surface area contributed by atoms with Crippen molar-refractivity contribution in [3.05, 3.63) is 24.0 Å². The van der Waals surface area contributed by atoms with Crippen LogP contribution in [0, 0.1) is 0 Å². The number of nitrogens with zero attached hydrogens (tertiary/aromatic N) is 1. The summed E-state index contributed by atoms with van der Waals surface area (Å²) in [6.45, 7) is 1.01. The molecular formula is C10H11N3O5. The summed E-state index contributed by atoms with van der Waals surface area (Å²) < 4.78 is 0. The zero-order chi connectivity index (χ0) is 13.9. The van der Waals surface area contributed by atoms with Crippen LogP contribution in [0.15, 0.2) is 18.3 Å². The number of pyridine rings is 1. The third-order valence-corrected chi connectivity index (χ3v) is 2.18. The molecule has 0 aliphatic rings. The molecule has 0 spiro atoms. The van der Waals surface area contributed by atoms with Gasteiger partial charge in [-0.2, -0.15) is 0 Å². The number of amides is 1. The lowest BCUT2D eigenvalue weighted by Crippen LogP contribution is -2.57. The molecule has 1 heterocycles. The summed E-state index contributed by atoms with van der Waals surface area (Å²) in [7, 11) is 0. The van der Waals surface area contributed by atoms with Crippen molar-refractivity contribution in [2.75, 3.05) is 5.73 Å². The molecule has 0 saturated heterocycles. The number of aliphatic carboxylic acids is 2. The van der Waals surface area contributed by atoms with Gasteiger partial charge < -0.3 is 21.3 Å². The number of carbonyl (C=O) groups is 3. The van der Waals surface area contributed by atoms with E-state index in [-0.39, 0.29) is 11.4 Å². The van der Waals surface area contributed by atoms with E-state index in [2.05, 4.69) is 4.98 Å². The van der Waals surface area contributed by atoms with Crippen LogP contribution < -0.4 is 11.1 Å². The number of aromatic nitrogens is 1. The zero-order valence-electron chi connectivity index (χ0n) is 9.38. The molecule has 0 aliphatic heterocycles. The van der Waals surface area contributed by atoms with Gasteiger partial charge in [-0.25, -0.2) is 9.59 Å². The first-order valence-corrected chi connectivity index (χ1v) is 4.78. The van der Waals surface area contributed by atoms with E-state index in [0.29, 0.717) is 0 Å². The highest BCUT2D eigenvalue weighted by molar-refractivity contribution is 6.06. The molecule has 0 aromatic carbocycles. The average Bonchev–Trinajstić information content (AvgIpc) is 2.26. The van der Waals surface area contributed by atoms with E-state index < -0.39 is 23.4 Å². The Morgan fingerprint density at radius 2 is 1.83 bits per heavy atom. The molecule has 1 amide bonds. The Bertz CT molecular complexity index is 483. The number of hydrogen-bond donors (Lipinski definition) is 4. The Morgan fingerprint density at radius 3 is 2.17 bits per heavy atom. The molecule has 0 atom stereocenters. The minimum atomic E-state index is -2.63. The number of nitrogens with one attached hydrogen (secondary N) is 1. The number of carboxylic acid groups (broad SMARTS) is 2. The number of carboxylic acids is 2. The van der Waals surface area contributed by atoms with Crippen molar-refractivity contribution >= 4 is 23.5 Å². The van der Waals surface area contributed by atoms with Crippen molar-refractivity contribution < 1.29 is 24.6 Å². The number of anilines is 1. The predicted molar refractivity (Wildman–Crippen MR) is 59.4 cm³/mol. The second-order valence-electron chi connectivity index (χ2n) is 3.52. The van der Waals surface area contributed by atoms with Gasteiger partial charge in [-0.1, -0.05) is 0 Å². The molecule has 0 fully saturated rings. The molecule has 0 radical (unpaired) electrons. The molecule has 8 heteroatoms. The summed E-state index contributed by atoms with van der Waals surface area (Å²) in [4.78, 5) is 37.1. The van der Waals surface area contributed by atoms with Crippen LogP contribution in [0.5, 0.6) is 0 Å². The van der Waals surface area contributed by atoms with Gasteiger partial charge in [-0.3, -0.25) is 9.78 Å². The van der Waals surface area contributed by atoms with Crippen LogP contribution in [-0.2, 0) is 19.9 Å². The van der Waals surface area contributed by atoms with Crippen molar-refractivity contribution in [2.45, 2.75) is 12.5 Å². The normalized spacial score (nSPS) is 10.7. The van der Waals surface area contributed by atoms with Gasteiger partial charge in [0.2, 0.25) is 5.91 Å². The molecule has 1 aromatic heterocycles. The Labute approximate surface area is 101 Å². The SMILES string of the molecule is CC(=O)NC(C(=O)O)(C(=O)O)c1ccc(N)cn1. The number of carbonyl (C=O) groups excluding carboxylic acids is 1. The predicted octanol–water partition coefficient (Wildman–Crippen LogP) is -0.836.